The van der Waals surface area contributed by atoms with Crippen molar-refractivity contribution in [2.75, 3.05) is 13.2 Å². The first-order chi connectivity index (χ1) is 12.9. The molecule has 4 rings (SSSR count). The van der Waals surface area contributed by atoms with Gasteiger partial charge in [0, 0.05) is 6.92 Å². The van der Waals surface area contributed by atoms with Crippen LogP contribution in [0.2, 0.25) is 0 Å². The number of imide groups is 1. The van der Waals surface area contributed by atoms with Crippen LogP contribution in [0.15, 0.2) is 10.1 Å². The van der Waals surface area contributed by atoms with E-state index in [1.165, 1.54) is 6.92 Å². The van der Waals surface area contributed by atoms with Crippen molar-refractivity contribution >= 4 is 87.4 Å². The molecule has 1 aliphatic heterocycles. The predicted molar refractivity (Wildman–Crippen MR) is 107 cm³/mol. The fourth-order valence-electron chi connectivity index (χ4n) is 5.29. The molecule has 5 nitrogen and oxygen atoms in total. The monoisotopic (exact) mass is 507 g/mol. The number of hydrogen-bond acceptors (Lipinski definition) is 4. The number of nitrogens with zero attached hydrogens (tertiary/aromatic N) is 1. The lowest BCUT2D eigenvalue weighted by atomic mass is 9.65. The number of rotatable bonds is 3. The minimum Gasteiger partial charge on any atom is -0.464 e. The number of amides is 2. The molecule has 6 atom stereocenters. The molecule has 0 aromatic rings. The Morgan fingerprint density at radius 3 is 1.82 bits per heavy atom. The van der Waals surface area contributed by atoms with Crippen LogP contribution in [-0.4, -0.2) is 49.9 Å². The third-order valence-electron chi connectivity index (χ3n) is 6.54. The van der Waals surface area contributed by atoms with Crippen LogP contribution in [0.4, 0.5) is 0 Å². The zero-order valence-electron chi connectivity index (χ0n) is 14.5. The van der Waals surface area contributed by atoms with E-state index in [2.05, 4.69) is 0 Å². The highest BCUT2D eigenvalue weighted by atomic mass is 35.5. The van der Waals surface area contributed by atoms with Crippen molar-refractivity contribution in [2.45, 2.75) is 33.8 Å². The number of hydrogen-bond donors (Lipinski definition) is 0. The second kappa shape index (κ2) is 6.54. The van der Waals surface area contributed by atoms with Crippen LogP contribution in [0.3, 0.4) is 0 Å². The molecule has 11 heteroatoms. The largest absolute Gasteiger partial charge is 0.464 e. The van der Waals surface area contributed by atoms with Crippen LogP contribution in [0.5, 0.6) is 0 Å². The minimum absolute atomic E-state index is 0.00628. The maximum Gasteiger partial charge on any atom is 0.302 e. The van der Waals surface area contributed by atoms with Gasteiger partial charge < -0.3 is 4.74 Å². The van der Waals surface area contributed by atoms with E-state index in [0.29, 0.717) is 0 Å². The SMILES string of the molecule is CC(=O)OCCN1C(=O)[C@H]2C[C@@H]3[C@H](C[C@@H]2C1=O)[C@]1(Cl)C(Cl)=C(Cl)[C@]3(Cl)C1(Cl)Cl. The van der Waals surface area contributed by atoms with Crippen molar-refractivity contribution in [3.05, 3.63) is 10.1 Å². The molecule has 2 bridgehead atoms. The lowest BCUT2D eigenvalue weighted by Gasteiger charge is -2.42. The number of likely N-dealkylation sites (tertiary alicyclic amines) is 1. The van der Waals surface area contributed by atoms with Crippen molar-refractivity contribution in [2.24, 2.45) is 23.7 Å². The predicted octanol–water partition coefficient (Wildman–Crippen LogP) is 4.02. The van der Waals surface area contributed by atoms with Gasteiger partial charge >= 0.3 is 5.97 Å². The number of ether oxygens (including phenoxy) is 1. The van der Waals surface area contributed by atoms with E-state index in [1.807, 2.05) is 0 Å². The normalized spacial score (nSPS) is 43.5. The van der Waals surface area contributed by atoms with Crippen molar-refractivity contribution in [1.82, 2.24) is 4.90 Å². The Bertz CT molecular complexity index is 776. The molecule has 3 fully saturated rings. The maximum absolute atomic E-state index is 12.9. The summed E-state index contributed by atoms with van der Waals surface area (Å²) < 4.78 is 3.18. The Kier molecular flexibility index (Phi) is 4.98. The highest BCUT2D eigenvalue weighted by Crippen LogP contribution is 2.79. The third-order valence-corrected chi connectivity index (χ3v) is 10.9. The summed E-state index contributed by atoms with van der Waals surface area (Å²) in [6.45, 7) is 1.21. The molecule has 28 heavy (non-hydrogen) atoms. The number of fused-ring (bicyclic) bond motifs is 6. The van der Waals surface area contributed by atoms with Gasteiger partial charge in [-0.15, -0.1) is 23.2 Å². The van der Waals surface area contributed by atoms with Gasteiger partial charge in [0.1, 0.15) is 16.4 Å². The van der Waals surface area contributed by atoms with Crippen molar-refractivity contribution in [3.63, 3.8) is 0 Å². The average Bonchev–Trinajstić information content (AvgIpc) is 2.98. The highest BCUT2D eigenvalue weighted by Gasteiger charge is 2.83. The number of esters is 1. The van der Waals surface area contributed by atoms with Gasteiger partial charge in [-0.25, -0.2) is 0 Å². The van der Waals surface area contributed by atoms with E-state index in [0.717, 1.165) is 4.90 Å². The molecule has 0 spiro atoms. The molecule has 0 radical (unpaired) electrons. The molecule has 0 N–H and O–H groups in total. The molecule has 0 aromatic carbocycles. The zero-order valence-corrected chi connectivity index (χ0v) is 19.0. The summed E-state index contributed by atoms with van der Waals surface area (Å²) in [4.78, 5) is 34.9. The molecule has 3 aliphatic carbocycles. The topological polar surface area (TPSA) is 63.7 Å². The van der Waals surface area contributed by atoms with E-state index in [1.54, 1.807) is 0 Å². The van der Waals surface area contributed by atoms with Crippen LogP contribution in [-0.2, 0) is 19.1 Å². The Morgan fingerprint density at radius 2 is 1.43 bits per heavy atom. The first kappa shape index (κ1) is 21.3. The van der Waals surface area contributed by atoms with Gasteiger partial charge in [0.15, 0.2) is 4.33 Å². The van der Waals surface area contributed by atoms with Crippen LogP contribution in [0.1, 0.15) is 19.8 Å². The van der Waals surface area contributed by atoms with Gasteiger partial charge in [-0.1, -0.05) is 46.4 Å². The number of alkyl halides is 4. The lowest BCUT2D eigenvalue weighted by molar-refractivity contribution is -0.147. The number of halogens is 6. The van der Waals surface area contributed by atoms with Crippen molar-refractivity contribution < 1.29 is 19.1 Å². The summed E-state index contributed by atoms with van der Waals surface area (Å²) in [6.07, 6.45) is 0.535. The van der Waals surface area contributed by atoms with Gasteiger partial charge in [0.25, 0.3) is 0 Å². The minimum atomic E-state index is -1.67. The van der Waals surface area contributed by atoms with Gasteiger partial charge in [-0.2, -0.15) is 0 Å². The van der Waals surface area contributed by atoms with Crippen LogP contribution >= 0.6 is 69.6 Å². The molecular weight excluding hydrogens is 495 g/mol. The molecular formula is C17H15Cl6NO4. The summed E-state index contributed by atoms with van der Waals surface area (Å²) in [5.41, 5.74) is 0. The second-order valence-corrected chi connectivity index (χ2v) is 11.0. The smallest absolute Gasteiger partial charge is 0.302 e. The van der Waals surface area contributed by atoms with E-state index in [-0.39, 0.29) is 47.9 Å². The summed E-state index contributed by atoms with van der Waals surface area (Å²) in [5.74, 6) is -3.11. The van der Waals surface area contributed by atoms with Crippen LogP contribution in [0.25, 0.3) is 0 Å². The fourth-order valence-corrected chi connectivity index (χ4v) is 8.40. The molecule has 2 saturated carbocycles. The number of allylic oxidation sites excluding steroid dienone is 2. The van der Waals surface area contributed by atoms with E-state index < -0.39 is 43.7 Å². The van der Waals surface area contributed by atoms with E-state index in [9.17, 15) is 14.4 Å². The Morgan fingerprint density at radius 1 is 1.00 bits per heavy atom. The summed E-state index contributed by atoms with van der Waals surface area (Å²) >= 11 is 39.6. The zero-order chi connectivity index (χ0) is 20.8. The molecule has 2 amide bonds. The number of carbonyl (C=O) groups is 3. The van der Waals surface area contributed by atoms with Gasteiger partial charge in [-0.05, 0) is 24.7 Å². The third kappa shape index (κ3) is 2.32. The quantitative estimate of drug-likeness (QED) is 0.327. The molecule has 154 valence electrons. The van der Waals surface area contributed by atoms with Crippen molar-refractivity contribution in [3.8, 4) is 0 Å². The van der Waals surface area contributed by atoms with E-state index in [4.69, 9.17) is 74.3 Å². The van der Waals surface area contributed by atoms with E-state index >= 15 is 0 Å². The van der Waals surface area contributed by atoms with Crippen LogP contribution < -0.4 is 0 Å². The lowest BCUT2D eigenvalue weighted by Crippen LogP contribution is -2.44. The Hall–Kier alpha value is 0.0900. The highest BCUT2D eigenvalue weighted by molar-refractivity contribution is 6.65. The van der Waals surface area contributed by atoms with Gasteiger partial charge in [-0.3, -0.25) is 19.3 Å². The molecule has 1 heterocycles. The molecule has 0 aromatic heterocycles. The molecule has 1 saturated heterocycles. The Balaban J connectivity index is 1.64. The van der Waals surface area contributed by atoms with Crippen molar-refractivity contribution in [1.29, 1.82) is 0 Å². The standard InChI is InChI=1S/C17H15Cl6NO4/c1-6(25)28-3-2-24-13(26)7-4-9-10(5-8(7)14(24)27)16(21)12(19)11(18)15(9,20)17(16,22)23/h7-10H,2-5H2,1H3/t7-,8-,9-,10+,15-,16-/m0/s1. The Labute approximate surface area is 191 Å². The van der Waals surface area contributed by atoms with Gasteiger partial charge in [0.05, 0.1) is 28.4 Å². The van der Waals surface area contributed by atoms with Gasteiger partial charge in [0.2, 0.25) is 11.8 Å². The summed E-state index contributed by atoms with van der Waals surface area (Å²) in [7, 11) is 0. The first-order valence-corrected chi connectivity index (χ1v) is 11.0. The number of carbonyl (C=O) groups excluding carboxylic acids is 3. The summed E-state index contributed by atoms with van der Waals surface area (Å²) in [5, 5.41) is 0.193. The second-order valence-electron chi connectivity index (χ2n) is 7.69. The average molecular weight is 510 g/mol. The summed E-state index contributed by atoms with van der Waals surface area (Å²) in [6, 6.07) is 0. The van der Waals surface area contributed by atoms with Crippen LogP contribution in [0, 0.1) is 23.7 Å². The molecule has 4 aliphatic rings. The first-order valence-electron chi connectivity index (χ1n) is 8.71. The maximum atomic E-state index is 12.9. The fraction of sp³-hybridized carbons (Fsp3) is 0.706. The molecule has 0 unspecified atom stereocenters.